The number of halogens is 2. The lowest BCUT2D eigenvalue weighted by Gasteiger charge is -2.29. The van der Waals surface area contributed by atoms with Crippen molar-refractivity contribution in [1.29, 1.82) is 0 Å². The molecule has 8 nitrogen and oxygen atoms in total. The van der Waals surface area contributed by atoms with Crippen molar-refractivity contribution in [3.8, 4) is 17.2 Å². The molecule has 2 heterocycles. The predicted molar refractivity (Wildman–Crippen MR) is 125 cm³/mol. The van der Waals surface area contributed by atoms with Crippen LogP contribution in [0.5, 0.6) is 17.2 Å². The summed E-state index contributed by atoms with van der Waals surface area (Å²) in [5.41, 5.74) is 0.304. The van der Waals surface area contributed by atoms with Gasteiger partial charge in [0.2, 0.25) is 5.75 Å². The van der Waals surface area contributed by atoms with Crippen molar-refractivity contribution in [3.63, 3.8) is 0 Å². The maximum Gasteiger partial charge on any atom is 0.260 e. The smallest absolute Gasteiger partial charge is 0.260 e. The molecule has 0 atom stereocenters. The number of carbonyl (C=O) groups excluding carboxylic acids is 1. The van der Waals surface area contributed by atoms with E-state index >= 15 is 0 Å². The molecule has 4 rings (SSSR count). The van der Waals surface area contributed by atoms with Crippen molar-refractivity contribution in [3.05, 3.63) is 41.5 Å². The van der Waals surface area contributed by atoms with Crippen LogP contribution in [-0.2, 0) is 4.74 Å². The molecule has 1 aliphatic rings. The Hall–Kier alpha value is -3.02. The summed E-state index contributed by atoms with van der Waals surface area (Å²) in [6, 6.07) is 5.10. The van der Waals surface area contributed by atoms with Gasteiger partial charge in [-0.05, 0) is 18.2 Å². The third-order valence-electron chi connectivity index (χ3n) is 5.53. The van der Waals surface area contributed by atoms with Crippen molar-refractivity contribution in [2.75, 3.05) is 65.6 Å². The second-order valence-corrected chi connectivity index (χ2v) is 8.56. The Morgan fingerprint density at radius 2 is 1.76 bits per heavy atom. The fraction of sp³-hybridized carbons (Fsp3) is 0.391. The van der Waals surface area contributed by atoms with Crippen LogP contribution in [0.3, 0.4) is 0 Å². The van der Waals surface area contributed by atoms with E-state index in [2.05, 4.69) is 9.88 Å². The van der Waals surface area contributed by atoms with Gasteiger partial charge in [0.25, 0.3) is 5.91 Å². The molecule has 1 aromatic heterocycles. The molecule has 1 fully saturated rings. The van der Waals surface area contributed by atoms with Crippen LogP contribution in [0.1, 0.15) is 10.4 Å². The second-order valence-electron chi connectivity index (χ2n) is 7.56. The van der Waals surface area contributed by atoms with Gasteiger partial charge in [-0.3, -0.25) is 14.6 Å². The average Bonchev–Trinajstić information content (AvgIpc) is 3.27. The van der Waals surface area contributed by atoms with Gasteiger partial charge in [-0.1, -0.05) is 11.3 Å². The van der Waals surface area contributed by atoms with E-state index in [1.807, 2.05) is 0 Å². The highest BCUT2D eigenvalue weighted by Crippen LogP contribution is 2.39. The molecule has 182 valence electrons. The summed E-state index contributed by atoms with van der Waals surface area (Å²) in [4.78, 5) is 21.7. The third-order valence-corrected chi connectivity index (χ3v) is 6.56. The Labute approximate surface area is 199 Å². The molecule has 2 aromatic carbocycles. The first-order valence-corrected chi connectivity index (χ1v) is 11.4. The molecule has 3 aromatic rings. The van der Waals surface area contributed by atoms with Crippen LogP contribution in [0.25, 0.3) is 10.2 Å². The standard InChI is InChI=1S/C23H25F2N3O5S/c1-30-17-10-14(11-18(31-2)21(17)32-3)22(29)28(5-4-27-6-8-33-9-7-27)23-26-20-16(25)12-15(24)13-19(20)34-23/h10-13H,4-9H2,1-3H3. The molecule has 34 heavy (non-hydrogen) atoms. The largest absolute Gasteiger partial charge is 0.493 e. The Morgan fingerprint density at radius 3 is 2.38 bits per heavy atom. The number of methoxy groups -OCH3 is 3. The van der Waals surface area contributed by atoms with E-state index in [9.17, 15) is 13.6 Å². The van der Waals surface area contributed by atoms with Crippen molar-refractivity contribution >= 4 is 32.6 Å². The maximum atomic E-state index is 14.3. The van der Waals surface area contributed by atoms with Crippen LogP contribution < -0.4 is 19.1 Å². The van der Waals surface area contributed by atoms with Crippen LogP contribution in [0.4, 0.5) is 13.9 Å². The van der Waals surface area contributed by atoms with Crippen LogP contribution in [-0.4, -0.2) is 76.5 Å². The SMILES string of the molecule is COc1cc(C(=O)N(CCN2CCOCC2)c2nc3c(F)cc(F)cc3s2)cc(OC)c1OC. The average molecular weight is 494 g/mol. The number of amides is 1. The van der Waals surface area contributed by atoms with Crippen molar-refractivity contribution < 1.29 is 32.5 Å². The minimum Gasteiger partial charge on any atom is -0.493 e. The lowest BCUT2D eigenvalue weighted by molar-refractivity contribution is 0.0391. The van der Waals surface area contributed by atoms with Gasteiger partial charge in [-0.25, -0.2) is 13.8 Å². The van der Waals surface area contributed by atoms with Gasteiger partial charge in [0.05, 0.1) is 39.2 Å². The molecule has 0 bridgehead atoms. The number of hydrogen-bond donors (Lipinski definition) is 0. The highest BCUT2D eigenvalue weighted by atomic mass is 32.1. The fourth-order valence-corrected chi connectivity index (χ4v) is 4.80. The predicted octanol–water partition coefficient (Wildman–Crippen LogP) is 3.58. The fourth-order valence-electron chi connectivity index (χ4n) is 3.77. The van der Waals surface area contributed by atoms with E-state index in [0.717, 1.165) is 30.5 Å². The number of rotatable bonds is 8. The number of benzene rings is 2. The Morgan fingerprint density at radius 1 is 1.09 bits per heavy atom. The zero-order valence-electron chi connectivity index (χ0n) is 19.1. The molecule has 1 saturated heterocycles. The van der Waals surface area contributed by atoms with E-state index in [1.54, 1.807) is 12.1 Å². The van der Waals surface area contributed by atoms with E-state index in [0.29, 0.717) is 48.3 Å². The number of aromatic nitrogens is 1. The summed E-state index contributed by atoms with van der Waals surface area (Å²) in [5, 5.41) is 0.270. The molecular weight excluding hydrogens is 468 g/mol. The maximum absolute atomic E-state index is 14.3. The first-order valence-electron chi connectivity index (χ1n) is 10.6. The molecular formula is C23H25F2N3O5S. The summed E-state index contributed by atoms with van der Waals surface area (Å²) in [6.45, 7) is 3.57. The number of thiazole rings is 1. The minimum atomic E-state index is -0.772. The van der Waals surface area contributed by atoms with Crippen molar-refractivity contribution in [2.45, 2.75) is 0 Å². The van der Waals surface area contributed by atoms with E-state index in [4.69, 9.17) is 18.9 Å². The minimum absolute atomic E-state index is 0.0236. The number of anilines is 1. The Bertz CT molecular complexity index is 1160. The van der Waals surface area contributed by atoms with Gasteiger partial charge < -0.3 is 18.9 Å². The van der Waals surface area contributed by atoms with Crippen LogP contribution in [0.2, 0.25) is 0 Å². The molecule has 0 spiro atoms. The third kappa shape index (κ3) is 4.91. The zero-order valence-corrected chi connectivity index (χ0v) is 19.9. The molecule has 1 amide bonds. The molecule has 1 aliphatic heterocycles. The number of morpholine rings is 1. The normalized spacial score (nSPS) is 14.3. The second kappa shape index (κ2) is 10.5. The summed E-state index contributed by atoms with van der Waals surface area (Å²) < 4.78 is 49.9. The number of ether oxygens (including phenoxy) is 4. The van der Waals surface area contributed by atoms with Gasteiger partial charge in [0, 0.05) is 37.8 Å². The quantitative estimate of drug-likeness (QED) is 0.475. The number of fused-ring (bicyclic) bond motifs is 1. The van der Waals surface area contributed by atoms with Gasteiger partial charge in [-0.2, -0.15) is 0 Å². The Balaban J connectivity index is 1.73. The Kier molecular flexibility index (Phi) is 7.44. The summed E-state index contributed by atoms with van der Waals surface area (Å²) in [5.74, 6) is -0.834. The van der Waals surface area contributed by atoms with Gasteiger partial charge in [0.15, 0.2) is 22.4 Å². The summed E-state index contributed by atoms with van der Waals surface area (Å²) in [6.07, 6.45) is 0. The molecule has 11 heteroatoms. The first kappa shape index (κ1) is 24.1. The van der Waals surface area contributed by atoms with Crippen molar-refractivity contribution in [1.82, 2.24) is 9.88 Å². The zero-order chi connectivity index (χ0) is 24.2. The number of nitrogens with zero attached hydrogens (tertiary/aromatic N) is 3. The van der Waals surface area contributed by atoms with Gasteiger partial charge in [0.1, 0.15) is 11.3 Å². The molecule has 0 saturated carbocycles. The molecule has 0 aliphatic carbocycles. The van der Waals surface area contributed by atoms with Crippen molar-refractivity contribution in [2.24, 2.45) is 0 Å². The lowest BCUT2D eigenvalue weighted by atomic mass is 10.1. The molecule has 0 unspecified atom stereocenters. The molecule has 0 radical (unpaired) electrons. The van der Waals surface area contributed by atoms with Crippen LogP contribution >= 0.6 is 11.3 Å². The van der Waals surface area contributed by atoms with E-state index in [1.165, 1.54) is 32.3 Å². The first-order chi connectivity index (χ1) is 16.4. The topological polar surface area (TPSA) is 73.4 Å². The van der Waals surface area contributed by atoms with Crippen LogP contribution in [0.15, 0.2) is 24.3 Å². The summed E-state index contributed by atoms with van der Waals surface area (Å²) >= 11 is 1.05. The van der Waals surface area contributed by atoms with E-state index < -0.39 is 11.6 Å². The van der Waals surface area contributed by atoms with Gasteiger partial charge >= 0.3 is 0 Å². The van der Waals surface area contributed by atoms with Gasteiger partial charge in [-0.15, -0.1) is 0 Å². The lowest BCUT2D eigenvalue weighted by Crippen LogP contribution is -2.43. The molecule has 0 N–H and O–H groups in total. The number of carbonyl (C=O) groups is 1. The highest BCUT2D eigenvalue weighted by Gasteiger charge is 2.26. The van der Waals surface area contributed by atoms with Crippen LogP contribution in [0, 0.1) is 11.6 Å². The van der Waals surface area contributed by atoms with E-state index in [-0.39, 0.29) is 22.1 Å². The summed E-state index contributed by atoms with van der Waals surface area (Å²) in [7, 11) is 4.41. The monoisotopic (exact) mass is 493 g/mol. The highest BCUT2D eigenvalue weighted by molar-refractivity contribution is 7.22. The number of hydrogen-bond acceptors (Lipinski definition) is 8.